The summed E-state index contributed by atoms with van der Waals surface area (Å²) in [6, 6.07) is 0.228. The first-order valence-electron chi connectivity index (χ1n) is 10.1. The largest absolute Gasteiger partial charge is 0.388 e. The zero-order valence-corrected chi connectivity index (χ0v) is 16.5. The molecule has 5 atom stereocenters. The third-order valence-corrected chi connectivity index (χ3v) is 5.38. The summed E-state index contributed by atoms with van der Waals surface area (Å²) in [6.45, 7) is 2.14. The third-order valence-electron chi connectivity index (χ3n) is 5.38. The summed E-state index contributed by atoms with van der Waals surface area (Å²) in [5, 5.41) is 24.6. The zero-order chi connectivity index (χ0) is 20.8. The van der Waals surface area contributed by atoms with Crippen molar-refractivity contribution in [2.24, 2.45) is 11.5 Å². The molecule has 0 bridgehead atoms. The summed E-state index contributed by atoms with van der Waals surface area (Å²) in [4.78, 5) is 12.3. The molecule has 3 rings (SSSR count). The van der Waals surface area contributed by atoms with Gasteiger partial charge in [0.2, 0.25) is 0 Å². The number of fused-ring (bicyclic) bond motifs is 1. The van der Waals surface area contributed by atoms with Crippen LogP contribution in [0.2, 0.25) is 0 Å². The lowest BCUT2D eigenvalue weighted by atomic mass is 10.0. The second-order valence-corrected chi connectivity index (χ2v) is 7.43. The number of unbranched alkanes of at least 4 members (excludes halogenated alkanes) is 1. The number of nitrogen functional groups attached to an aromatic ring is 1. The molecular weight excluding hydrogens is 376 g/mol. The molecule has 162 valence electrons. The average molecular weight is 409 g/mol. The number of hydrogen-bond acceptors (Lipinski definition) is 10. The fourth-order valence-corrected chi connectivity index (χ4v) is 3.74. The molecule has 0 saturated carbocycles. The van der Waals surface area contributed by atoms with Crippen molar-refractivity contribution in [3.8, 4) is 0 Å². The van der Waals surface area contributed by atoms with Crippen LogP contribution in [0.4, 0.5) is 5.82 Å². The van der Waals surface area contributed by atoms with Crippen LogP contribution in [0.25, 0.3) is 11.2 Å². The van der Waals surface area contributed by atoms with Gasteiger partial charge in [0.05, 0.1) is 12.4 Å². The fourth-order valence-electron chi connectivity index (χ4n) is 3.74. The minimum atomic E-state index is -1.10. The van der Waals surface area contributed by atoms with Crippen LogP contribution in [0.1, 0.15) is 38.3 Å². The van der Waals surface area contributed by atoms with Gasteiger partial charge < -0.3 is 37.5 Å². The monoisotopic (exact) mass is 408 g/mol. The Kier molecular flexibility index (Phi) is 7.70. The van der Waals surface area contributed by atoms with Crippen LogP contribution in [0, 0.1) is 0 Å². The highest BCUT2D eigenvalue weighted by molar-refractivity contribution is 5.81. The number of nitrogens with two attached hydrogens (primary N) is 3. The van der Waals surface area contributed by atoms with E-state index < -0.39 is 24.5 Å². The Bertz CT molecular complexity index is 773. The van der Waals surface area contributed by atoms with E-state index in [9.17, 15) is 10.2 Å². The van der Waals surface area contributed by atoms with E-state index in [1.807, 2.05) is 0 Å². The molecule has 11 nitrogen and oxygen atoms in total. The molecular formula is C18H32N8O3. The number of anilines is 1. The Labute approximate surface area is 169 Å². The first-order valence-corrected chi connectivity index (χ1v) is 10.1. The topological polar surface area (TPSA) is 183 Å². The molecule has 1 fully saturated rings. The number of aliphatic hydroxyl groups is 2. The van der Waals surface area contributed by atoms with E-state index in [0.29, 0.717) is 30.7 Å². The maximum absolute atomic E-state index is 10.6. The molecule has 0 aliphatic carbocycles. The second-order valence-electron chi connectivity index (χ2n) is 7.43. The van der Waals surface area contributed by atoms with Crippen molar-refractivity contribution >= 4 is 17.0 Å². The molecule has 3 heterocycles. The Morgan fingerprint density at radius 1 is 1.10 bits per heavy atom. The normalized spacial score (nSPS) is 25.7. The predicted molar refractivity (Wildman–Crippen MR) is 109 cm³/mol. The smallest absolute Gasteiger partial charge is 0.167 e. The summed E-state index contributed by atoms with van der Waals surface area (Å²) in [5.74, 6) is 0.253. The van der Waals surface area contributed by atoms with Crippen LogP contribution in [-0.4, -0.2) is 73.7 Å². The molecule has 1 aliphatic heterocycles. The van der Waals surface area contributed by atoms with E-state index in [1.165, 1.54) is 12.7 Å². The molecule has 2 aromatic rings. The molecule has 0 aromatic carbocycles. The highest BCUT2D eigenvalue weighted by Gasteiger charge is 2.44. The predicted octanol–water partition coefficient (Wildman–Crippen LogP) is -1.15. The fraction of sp³-hybridized carbons (Fsp3) is 0.722. The van der Waals surface area contributed by atoms with Crippen molar-refractivity contribution in [3.63, 3.8) is 0 Å². The van der Waals surface area contributed by atoms with Crippen LogP contribution in [0.5, 0.6) is 0 Å². The maximum atomic E-state index is 10.6. The summed E-state index contributed by atoms with van der Waals surface area (Å²) in [7, 11) is 0. The zero-order valence-electron chi connectivity index (χ0n) is 16.5. The lowest BCUT2D eigenvalue weighted by Crippen LogP contribution is -2.35. The van der Waals surface area contributed by atoms with Gasteiger partial charge >= 0.3 is 0 Å². The molecule has 1 saturated heterocycles. The van der Waals surface area contributed by atoms with E-state index in [4.69, 9.17) is 21.9 Å². The van der Waals surface area contributed by atoms with E-state index in [1.54, 1.807) is 4.57 Å². The van der Waals surface area contributed by atoms with Crippen molar-refractivity contribution in [3.05, 3.63) is 12.7 Å². The molecule has 0 amide bonds. The summed E-state index contributed by atoms with van der Waals surface area (Å²) in [6.07, 6.45) is 3.62. The Morgan fingerprint density at radius 2 is 1.93 bits per heavy atom. The van der Waals surface area contributed by atoms with Crippen LogP contribution < -0.4 is 22.5 Å². The molecule has 2 aromatic heterocycles. The number of nitrogens with zero attached hydrogens (tertiary/aromatic N) is 4. The van der Waals surface area contributed by atoms with Crippen LogP contribution >= 0.6 is 0 Å². The number of imidazole rings is 1. The SMILES string of the molecule is NCCCCNC(CCN)CC[C@H]1O[C@@H](n2cnc3c(N)ncnc32)[C@H](O)[C@@H]1O. The number of nitrogens with one attached hydrogen (secondary N) is 1. The van der Waals surface area contributed by atoms with Crippen molar-refractivity contribution in [2.45, 2.75) is 62.7 Å². The van der Waals surface area contributed by atoms with Gasteiger partial charge in [-0.05, 0) is 51.7 Å². The minimum Gasteiger partial charge on any atom is -0.388 e. The lowest BCUT2D eigenvalue weighted by molar-refractivity contribution is -0.0380. The molecule has 29 heavy (non-hydrogen) atoms. The number of rotatable bonds is 11. The molecule has 9 N–H and O–H groups in total. The standard InChI is InChI=1S/C18H32N8O3/c19-6-1-2-8-22-11(5-7-20)3-4-12-14(27)15(28)18(29-12)26-10-25-13-16(21)23-9-24-17(13)26/h9-12,14-15,18,22,27-28H,1-8,19-20H2,(H2,21,23,24)/t11?,12-,14-,15-,18-/m1/s1. The summed E-state index contributed by atoms with van der Waals surface area (Å²) >= 11 is 0. The minimum absolute atomic E-state index is 0.228. The molecule has 0 radical (unpaired) electrons. The number of ether oxygens (including phenoxy) is 1. The summed E-state index contributed by atoms with van der Waals surface area (Å²) in [5.41, 5.74) is 18.0. The Hall–Kier alpha value is -1.89. The molecule has 1 aliphatic rings. The van der Waals surface area contributed by atoms with Gasteiger partial charge in [0.15, 0.2) is 17.7 Å². The van der Waals surface area contributed by atoms with Gasteiger partial charge in [0, 0.05) is 6.04 Å². The van der Waals surface area contributed by atoms with Crippen LogP contribution in [-0.2, 0) is 4.74 Å². The van der Waals surface area contributed by atoms with Gasteiger partial charge in [-0.15, -0.1) is 0 Å². The van der Waals surface area contributed by atoms with Crippen LogP contribution in [0.15, 0.2) is 12.7 Å². The average Bonchev–Trinajstić information content (AvgIpc) is 3.26. The van der Waals surface area contributed by atoms with Gasteiger partial charge in [0.1, 0.15) is 24.1 Å². The quantitative estimate of drug-likeness (QED) is 0.248. The molecule has 1 unspecified atom stereocenters. The van der Waals surface area contributed by atoms with E-state index in [0.717, 1.165) is 32.2 Å². The second kappa shape index (κ2) is 10.2. The summed E-state index contributed by atoms with van der Waals surface area (Å²) < 4.78 is 7.58. The van der Waals surface area contributed by atoms with Gasteiger partial charge in [-0.2, -0.15) is 0 Å². The first-order chi connectivity index (χ1) is 14.1. The number of hydrogen-bond donors (Lipinski definition) is 6. The number of aliphatic hydroxyl groups excluding tert-OH is 2. The Morgan fingerprint density at radius 3 is 2.69 bits per heavy atom. The van der Waals surface area contributed by atoms with E-state index in [2.05, 4.69) is 20.3 Å². The van der Waals surface area contributed by atoms with Gasteiger partial charge in [-0.3, -0.25) is 4.57 Å². The van der Waals surface area contributed by atoms with Crippen molar-refractivity contribution < 1.29 is 14.9 Å². The molecule has 0 spiro atoms. The van der Waals surface area contributed by atoms with Crippen LogP contribution in [0.3, 0.4) is 0 Å². The van der Waals surface area contributed by atoms with Crippen molar-refractivity contribution in [2.75, 3.05) is 25.4 Å². The highest BCUT2D eigenvalue weighted by atomic mass is 16.6. The lowest BCUT2D eigenvalue weighted by Gasteiger charge is -2.21. The van der Waals surface area contributed by atoms with E-state index in [-0.39, 0.29) is 11.9 Å². The highest BCUT2D eigenvalue weighted by Crippen LogP contribution is 2.34. The first kappa shape index (κ1) is 21.8. The van der Waals surface area contributed by atoms with Gasteiger partial charge in [-0.25, -0.2) is 15.0 Å². The molecule has 11 heteroatoms. The van der Waals surface area contributed by atoms with Crippen molar-refractivity contribution in [1.29, 1.82) is 0 Å². The number of aromatic nitrogens is 4. The van der Waals surface area contributed by atoms with Gasteiger partial charge in [0.25, 0.3) is 0 Å². The third kappa shape index (κ3) is 5.00. The Balaban J connectivity index is 1.62. The maximum Gasteiger partial charge on any atom is 0.167 e. The van der Waals surface area contributed by atoms with Crippen molar-refractivity contribution in [1.82, 2.24) is 24.8 Å². The van der Waals surface area contributed by atoms with Gasteiger partial charge in [-0.1, -0.05) is 0 Å². The van der Waals surface area contributed by atoms with E-state index >= 15 is 0 Å².